The third-order valence-electron chi connectivity index (χ3n) is 6.18. The summed E-state index contributed by atoms with van der Waals surface area (Å²) in [6.45, 7) is 6.23. The molecule has 0 spiro atoms. The lowest BCUT2D eigenvalue weighted by atomic mass is 10.1. The topological polar surface area (TPSA) is 71.2 Å². The summed E-state index contributed by atoms with van der Waals surface area (Å²) in [5.41, 5.74) is 3.50. The van der Waals surface area contributed by atoms with Gasteiger partial charge in [0.15, 0.2) is 5.65 Å². The zero-order chi connectivity index (χ0) is 23.1. The van der Waals surface area contributed by atoms with E-state index in [1.54, 1.807) is 29.9 Å². The summed E-state index contributed by atoms with van der Waals surface area (Å²) in [6, 6.07) is 12.4. The molecule has 2 aromatic carbocycles. The van der Waals surface area contributed by atoms with E-state index in [1.165, 1.54) is 28.2 Å². The Morgan fingerprint density at radius 3 is 2.48 bits per heavy atom. The average molecular weight is 448 g/mol. The number of nitrogens with one attached hydrogen (secondary N) is 1. The molecule has 0 saturated carbocycles. The maximum atomic E-state index is 14.3. The fraction of sp³-hybridized carbons (Fsp3) is 0.292. The Labute approximate surface area is 190 Å². The second-order valence-corrected chi connectivity index (χ2v) is 8.44. The molecule has 1 N–H and O–H groups in total. The number of aromatic nitrogens is 4. The monoisotopic (exact) mass is 447 g/mol. The first-order chi connectivity index (χ1) is 15.9. The average Bonchev–Trinajstić information content (AvgIpc) is 3.05. The molecule has 0 aliphatic carbocycles. The molecule has 0 amide bonds. The van der Waals surface area contributed by atoms with Gasteiger partial charge in [0.25, 0.3) is 5.56 Å². The number of halogens is 1. The van der Waals surface area contributed by atoms with Crippen LogP contribution < -0.4 is 15.8 Å². The van der Waals surface area contributed by atoms with E-state index in [9.17, 15) is 9.18 Å². The summed E-state index contributed by atoms with van der Waals surface area (Å²) >= 11 is 0. The first-order valence-electron chi connectivity index (χ1n) is 10.9. The van der Waals surface area contributed by atoms with Gasteiger partial charge in [-0.25, -0.2) is 14.1 Å². The third kappa shape index (κ3) is 3.84. The highest BCUT2D eigenvalue weighted by Crippen LogP contribution is 2.26. The standard InChI is InChI=1S/C24H26FN7O/c1-16-14-17(8-9-20(16)31-12-10-29(2)11-13-31)27-24-26-15-18-22(28-24)30(3)32(23(18)33)21-7-5-4-6-19(21)25/h4-9,14-15H,10-13H2,1-3H3,(H,26,27,28). The van der Waals surface area contributed by atoms with E-state index in [0.717, 1.165) is 31.9 Å². The Kier molecular flexibility index (Phi) is 5.33. The Bertz CT molecular complexity index is 1390. The quantitative estimate of drug-likeness (QED) is 0.519. The second kappa shape index (κ2) is 8.32. The minimum atomic E-state index is -0.479. The zero-order valence-corrected chi connectivity index (χ0v) is 18.9. The van der Waals surface area contributed by atoms with E-state index in [0.29, 0.717) is 17.0 Å². The number of piperazine rings is 1. The lowest BCUT2D eigenvalue weighted by Gasteiger charge is -2.35. The van der Waals surface area contributed by atoms with Crippen molar-refractivity contribution >= 4 is 28.4 Å². The smallest absolute Gasteiger partial charge is 0.282 e. The summed E-state index contributed by atoms with van der Waals surface area (Å²) in [5.74, 6) is -0.108. The molecule has 1 saturated heterocycles. The van der Waals surface area contributed by atoms with Crippen molar-refractivity contribution in [2.45, 2.75) is 6.92 Å². The van der Waals surface area contributed by atoms with E-state index in [4.69, 9.17) is 0 Å². The number of hydrogen-bond acceptors (Lipinski definition) is 6. The first-order valence-corrected chi connectivity index (χ1v) is 10.9. The fourth-order valence-corrected chi connectivity index (χ4v) is 4.33. The first kappa shape index (κ1) is 21.1. The summed E-state index contributed by atoms with van der Waals surface area (Å²) < 4.78 is 17.1. The molecule has 170 valence electrons. The molecule has 1 aliphatic rings. The summed E-state index contributed by atoms with van der Waals surface area (Å²) in [4.78, 5) is 26.5. The summed E-state index contributed by atoms with van der Waals surface area (Å²) in [5, 5.41) is 3.56. The predicted octanol–water partition coefficient (Wildman–Crippen LogP) is 3.06. The van der Waals surface area contributed by atoms with Crippen LogP contribution in [-0.4, -0.2) is 57.5 Å². The van der Waals surface area contributed by atoms with Crippen molar-refractivity contribution in [3.05, 3.63) is 70.4 Å². The molecule has 5 rings (SSSR count). The summed E-state index contributed by atoms with van der Waals surface area (Å²) in [6.07, 6.45) is 1.48. The van der Waals surface area contributed by atoms with Crippen LogP contribution in [0.15, 0.2) is 53.5 Å². The van der Waals surface area contributed by atoms with Crippen LogP contribution in [0.1, 0.15) is 5.56 Å². The van der Waals surface area contributed by atoms with Crippen LogP contribution in [0.5, 0.6) is 0 Å². The number of fused-ring (bicyclic) bond motifs is 1. The Morgan fingerprint density at radius 2 is 1.76 bits per heavy atom. The van der Waals surface area contributed by atoms with Gasteiger partial charge >= 0.3 is 0 Å². The van der Waals surface area contributed by atoms with Crippen LogP contribution in [0.3, 0.4) is 0 Å². The van der Waals surface area contributed by atoms with Crippen molar-refractivity contribution in [3.8, 4) is 5.69 Å². The van der Waals surface area contributed by atoms with Crippen molar-refractivity contribution in [3.63, 3.8) is 0 Å². The number of anilines is 3. The highest BCUT2D eigenvalue weighted by molar-refractivity contribution is 5.76. The molecular weight excluding hydrogens is 421 g/mol. The number of likely N-dealkylation sites (N-methyl/N-ethyl adjacent to an activating group) is 1. The molecule has 0 unspecified atom stereocenters. The van der Waals surface area contributed by atoms with Crippen LogP contribution in [0, 0.1) is 12.7 Å². The van der Waals surface area contributed by atoms with Crippen LogP contribution in [0.4, 0.5) is 21.7 Å². The fourth-order valence-electron chi connectivity index (χ4n) is 4.33. The predicted molar refractivity (Wildman–Crippen MR) is 128 cm³/mol. The number of para-hydroxylation sites is 1. The van der Waals surface area contributed by atoms with Crippen molar-refractivity contribution in [1.29, 1.82) is 0 Å². The van der Waals surface area contributed by atoms with Gasteiger partial charge in [-0.15, -0.1) is 0 Å². The van der Waals surface area contributed by atoms with Crippen LogP contribution in [-0.2, 0) is 7.05 Å². The second-order valence-electron chi connectivity index (χ2n) is 8.44. The maximum absolute atomic E-state index is 14.3. The van der Waals surface area contributed by atoms with Gasteiger partial charge in [-0.3, -0.25) is 9.48 Å². The SMILES string of the molecule is Cc1cc(Nc2ncc3c(=O)n(-c4ccccc4F)n(C)c3n2)ccc1N1CCN(C)CC1. The largest absolute Gasteiger partial charge is 0.369 e. The van der Waals surface area contributed by atoms with Gasteiger partial charge in [0, 0.05) is 50.8 Å². The minimum Gasteiger partial charge on any atom is -0.369 e. The van der Waals surface area contributed by atoms with E-state index < -0.39 is 5.82 Å². The highest BCUT2D eigenvalue weighted by atomic mass is 19.1. The molecule has 9 heteroatoms. The third-order valence-corrected chi connectivity index (χ3v) is 6.18. The normalized spacial score (nSPS) is 14.7. The van der Waals surface area contributed by atoms with Gasteiger partial charge in [-0.05, 0) is 49.9 Å². The molecular formula is C24H26FN7O. The highest BCUT2D eigenvalue weighted by Gasteiger charge is 2.18. The summed E-state index contributed by atoms with van der Waals surface area (Å²) in [7, 11) is 3.83. The maximum Gasteiger partial charge on any atom is 0.282 e. The van der Waals surface area contributed by atoms with E-state index in [1.807, 2.05) is 6.07 Å². The van der Waals surface area contributed by atoms with Crippen molar-refractivity contribution in [2.75, 3.05) is 43.4 Å². The number of rotatable bonds is 4. The number of hydrogen-bond donors (Lipinski definition) is 1. The van der Waals surface area contributed by atoms with Gasteiger partial charge in [0.2, 0.25) is 5.95 Å². The molecule has 0 bridgehead atoms. The minimum absolute atomic E-state index is 0.174. The molecule has 8 nitrogen and oxygen atoms in total. The molecule has 0 atom stereocenters. The molecule has 33 heavy (non-hydrogen) atoms. The Hall–Kier alpha value is -3.72. The van der Waals surface area contributed by atoms with Crippen LogP contribution >= 0.6 is 0 Å². The molecule has 2 aromatic heterocycles. The zero-order valence-electron chi connectivity index (χ0n) is 18.9. The number of aryl methyl sites for hydroxylation is 2. The number of nitrogens with zero attached hydrogens (tertiary/aromatic N) is 6. The Balaban J connectivity index is 1.44. The lowest BCUT2D eigenvalue weighted by Crippen LogP contribution is -2.44. The van der Waals surface area contributed by atoms with E-state index in [-0.39, 0.29) is 11.2 Å². The van der Waals surface area contributed by atoms with E-state index >= 15 is 0 Å². The van der Waals surface area contributed by atoms with Gasteiger partial charge in [0.05, 0.1) is 0 Å². The Morgan fingerprint density at radius 1 is 1.00 bits per heavy atom. The van der Waals surface area contributed by atoms with Crippen molar-refractivity contribution in [2.24, 2.45) is 7.05 Å². The van der Waals surface area contributed by atoms with Crippen LogP contribution in [0.25, 0.3) is 16.7 Å². The van der Waals surface area contributed by atoms with Gasteiger partial charge in [-0.1, -0.05) is 12.1 Å². The molecule has 4 aromatic rings. The molecule has 0 radical (unpaired) electrons. The number of benzene rings is 2. The van der Waals surface area contributed by atoms with Crippen LogP contribution in [0.2, 0.25) is 0 Å². The van der Waals surface area contributed by atoms with Crippen molar-refractivity contribution < 1.29 is 4.39 Å². The van der Waals surface area contributed by atoms with Gasteiger partial charge < -0.3 is 15.1 Å². The van der Waals surface area contributed by atoms with E-state index in [2.05, 4.69) is 51.2 Å². The van der Waals surface area contributed by atoms with Gasteiger partial charge in [0.1, 0.15) is 16.9 Å². The van der Waals surface area contributed by atoms with Gasteiger partial charge in [-0.2, -0.15) is 4.98 Å². The van der Waals surface area contributed by atoms with Crippen molar-refractivity contribution in [1.82, 2.24) is 24.2 Å². The lowest BCUT2D eigenvalue weighted by molar-refractivity contribution is 0.312. The molecule has 1 fully saturated rings. The molecule has 3 heterocycles. The molecule has 1 aliphatic heterocycles.